The van der Waals surface area contributed by atoms with Gasteiger partial charge in [0.05, 0.1) is 58.2 Å². The van der Waals surface area contributed by atoms with Gasteiger partial charge in [-0.05, 0) is 42.5 Å². The molecule has 0 atom stereocenters. The van der Waals surface area contributed by atoms with Gasteiger partial charge >= 0.3 is 0 Å². The molecule has 0 saturated heterocycles. The highest BCUT2D eigenvalue weighted by Gasteiger charge is 2.27. The van der Waals surface area contributed by atoms with E-state index >= 15 is 0 Å². The highest BCUT2D eigenvalue weighted by atomic mass is 32.1. The van der Waals surface area contributed by atoms with Gasteiger partial charge in [-0.15, -0.1) is 22.7 Å². The maximum absolute atomic E-state index is 14.1. The molecule has 3 aromatic heterocycles. The van der Waals surface area contributed by atoms with E-state index in [4.69, 9.17) is 24.2 Å². The first-order valence-corrected chi connectivity index (χ1v) is 14.4. The fourth-order valence-corrected chi connectivity index (χ4v) is 6.68. The molecule has 0 fully saturated rings. The van der Waals surface area contributed by atoms with Crippen molar-refractivity contribution in [2.24, 2.45) is 0 Å². The number of nitrogens with zero attached hydrogens (tertiary/aromatic N) is 4. The molecule has 0 aliphatic heterocycles. The Bertz CT molecular complexity index is 2040. The van der Waals surface area contributed by atoms with Crippen molar-refractivity contribution in [2.45, 2.75) is 0 Å². The first-order chi connectivity index (χ1) is 20.5. The third-order valence-electron chi connectivity index (χ3n) is 6.64. The van der Waals surface area contributed by atoms with Gasteiger partial charge in [-0.25, -0.2) is 19.0 Å². The number of aromatic hydroxyl groups is 1. The van der Waals surface area contributed by atoms with Crippen molar-refractivity contribution < 1.29 is 23.7 Å². The van der Waals surface area contributed by atoms with E-state index in [1.165, 1.54) is 40.7 Å². The number of hydrogen-bond acceptors (Lipinski definition) is 9. The predicted octanol–water partition coefficient (Wildman–Crippen LogP) is 8.08. The Hall–Kier alpha value is -5.00. The maximum atomic E-state index is 14.1. The standard InChI is InChI=1S/C31H21FN4O4S2/c1-38-18-11-12-22(19(13-18)30-34-20-7-3-5-9-25(20)41-30)40-24-14-23(39-2)28(36-16-17(32)15-33-36)27(29(24)37)31-35-21-8-4-6-10-26(21)42-31/h3-16,37H,1-2H3. The quantitative estimate of drug-likeness (QED) is 0.199. The molecule has 0 saturated carbocycles. The zero-order chi connectivity index (χ0) is 28.8. The topological polar surface area (TPSA) is 91.5 Å². The molecule has 3 heterocycles. The van der Waals surface area contributed by atoms with Gasteiger partial charge < -0.3 is 19.3 Å². The fourth-order valence-electron chi connectivity index (χ4n) is 4.68. The molecule has 208 valence electrons. The SMILES string of the molecule is COc1ccc(Oc2cc(OC)c(-n3cc(F)cn3)c(-c3nc4ccccc4s3)c2O)c(-c2nc3ccccc3s2)c1. The molecular formula is C31H21FN4O4S2. The summed E-state index contributed by atoms with van der Waals surface area (Å²) in [6.07, 6.45) is 2.30. The number of phenolic OH excluding ortho intramolecular Hbond substituents is 1. The van der Waals surface area contributed by atoms with Crippen LogP contribution in [-0.2, 0) is 0 Å². The van der Waals surface area contributed by atoms with Crippen molar-refractivity contribution in [1.29, 1.82) is 0 Å². The maximum Gasteiger partial charge on any atom is 0.173 e. The number of hydrogen-bond donors (Lipinski definition) is 1. The van der Waals surface area contributed by atoms with Crippen LogP contribution in [0.4, 0.5) is 4.39 Å². The molecule has 8 nitrogen and oxygen atoms in total. The number of methoxy groups -OCH3 is 2. The summed E-state index contributed by atoms with van der Waals surface area (Å²) in [5.41, 5.74) is 2.93. The lowest BCUT2D eigenvalue weighted by atomic mass is 10.1. The summed E-state index contributed by atoms with van der Waals surface area (Å²) in [5, 5.41) is 17.2. The smallest absolute Gasteiger partial charge is 0.173 e. The number of phenols is 1. The second kappa shape index (κ2) is 10.4. The molecule has 0 unspecified atom stereocenters. The number of rotatable bonds is 7. The normalized spacial score (nSPS) is 11.3. The van der Waals surface area contributed by atoms with Gasteiger partial charge in [-0.1, -0.05) is 24.3 Å². The largest absolute Gasteiger partial charge is 0.504 e. The van der Waals surface area contributed by atoms with Gasteiger partial charge in [-0.3, -0.25) is 0 Å². The highest BCUT2D eigenvalue weighted by molar-refractivity contribution is 7.22. The number of thiazole rings is 2. The minimum Gasteiger partial charge on any atom is -0.504 e. The first-order valence-electron chi connectivity index (χ1n) is 12.7. The van der Waals surface area contributed by atoms with E-state index in [1.54, 1.807) is 25.3 Å². The molecule has 4 aromatic carbocycles. The number of ether oxygens (including phenoxy) is 3. The Morgan fingerprint density at radius 1 is 0.786 bits per heavy atom. The molecule has 11 heteroatoms. The number of fused-ring (bicyclic) bond motifs is 2. The van der Waals surface area contributed by atoms with E-state index < -0.39 is 5.82 Å². The van der Waals surface area contributed by atoms with Crippen LogP contribution in [0.2, 0.25) is 0 Å². The van der Waals surface area contributed by atoms with E-state index in [2.05, 4.69) is 5.10 Å². The molecular weight excluding hydrogens is 575 g/mol. The monoisotopic (exact) mass is 596 g/mol. The van der Waals surface area contributed by atoms with Crippen LogP contribution < -0.4 is 14.2 Å². The van der Waals surface area contributed by atoms with Crippen LogP contribution in [-0.4, -0.2) is 39.1 Å². The van der Waals surface area contributed by atoms with Crippen LogP contribution in [0, 0.1) is 5.82 Å². The van der Waals surface area contributed by atoms with E-state index in [0.717, 1.165) is 31.6 Å². The summed E-state index contributed by atoms with van der Waals surface area (Å²) in [7, 11) is 3.08. The molecule has 42 heavy (non-hydrogen) atoms. The van der Waals surface area contributed by atoms with Crippen molar-refractivity contribution in [2.75, 3.05) is 14.2 Å². The van der Waals surface area contributed by atoms with Crippen molar-refractivity contribution in [3.63, 3.8) is 0 Å². The lowest BCUT2D eigenvalue weighted by Gasteiger charge is -2.18. The Labute approximate surface area is 246 Å². The van der Waals surface area contributed by atoms with Crippen LogP contribution in [0.5, 0.6) is 28.7 Å². The molecule has 0 radical (unpaired) electrons. The van der Waals surface area contributed by atoms with Gasteiger partial charge in [0, 0.05) is 6.07 Å². The second-order valence-electron chi connectivity index (χ2n) is 9.19. The molecule has 1 N–H and O–H groups in total. The van der Waals surface area contributed by atoms with Gasteiger partial charge in [0.15, 0.2) is 17.3 Å². The van der Waals surface area contributed by atoms with Gasteiger partial charge in [-0.2, -0.15) is 5.10 Å². The van der Waals surface area contributed by atoms with Crippen LogP contribution in [0.3, 0.4) is 0 Å². The second-order valence-corrected chi connectivity index (χ2v) is 11.3. The summed E-state index contributed by atoms with van der Waals surface area (Å²) in [6, 6.07) is 22.4. The Morgan fingerprint density at radius 2 is 1.48 bits per heavy atom. The van der Waals surface area contributed by atoms with Crippen molar-refractivity contribution >= 4 is 43.1 Å². The minimum atomic E-state index is -0.536. The Balaban J connectivity index is 1.43. The summed E-state index contributed by atoms with van der Waals surface area (Å²) in [5.74, 6) is 0.753. The zero-order valence-electron chi connectivity index (χ0n) is 22.2. The number of aromatic nitrogens is 4. The van der Waals surface area contributed by atoms with Gasteiger partial charge in [0.25, 0.3) is 0 Å². The van der Waals surface area contributed by atoms with Crippen LogP contribution in [0.25, 0.3) is 47.3 Å². The lowest BCUT2D eigenvalue weighted by molar-refractivity contribution is 0.389. The molecule has 7 aromatic rings. The summed E-state index contributed by atoms with van der Waals surface area (Å²) >= 11 is 2.90. The average molecular weight is 597 g/mol. The third-order valence-corrected chi connectivity index (χ3v) is 8.76. The predicted molar refractivity (Wildman–Crippen MR) is 162 cm³/mol. The van der Waals surface area contributed by atoms with Crippen LogP contribution >= 0.6 is 22.7 Å². The minimum absolute atomic E-state index is 0.116. The van der Waals surface area contributed by atoms with E-state index in [-0.39, 0.29) is 11.5 Å². The van der Waals surface area contributed by atoms with Crippen molar-refractivity contribution in [3.8, 4) is 55.6 Å². The lowest BCUT2D eigenvalue weighted by Crippen LogP contribution is -2.03. The fraction of sp³-hybridized carbons (Fsp3) is 0.0645. The molecule has 7 rings (SSSR count). The number of para-hydroxylation sites is 2. The van der Waals surface area contributed by atoms with Gasteiger partial charge in [0.1, 0.15) is 33.0 Å². The number of benzene rings is 4. The van der Waals surface area contributed by atoms with Crippen molar-refractivity contribution in [1.82, 2.24) is 19.7 Å². The molecule has 0 spiro atoms. The highest BCUT2D eigenvalue weighted by Crippen LogP contribution is 2.50. The van der Waals surface area contributed by atoms with E-state index in [0.29, 0.717) is 39.1 Å². The van der Waals surface area contributed by atoms with Crippen LogP contribution in [0.1, 0.15) is 0 Å². The molecule has 0 bridgehead atoms. The summed E-state index contributed by atoms with van der Waals surface area (Å²) in [6.45, 7) is 0. The van der Waals surface area contributed by atoms with E-state index in [9.17, 15) is 9.50 Å². The third kappa shape index (κ3) is 4.48. The molecule has 0 amide bonds. The average Bonchev–Trinajstić information content (AvgIpc) is 3.75. The molecule has 0 aliphatic rings. The summed E-state index contributed by atoms with van der Waals surface area (Å²) < 4.78 is 35.0. The number of halogens is 1. The zero-order valence-corrected chi connectivity index (χ0v) is 23.9. The van der Waals surface area contributed by atoms with Crippen molar-refractivity contribution in [3.05, 3.63) is 91.0 Å². The molecule has 0 aliphatic carbocycles. The Kier molecular flexibility index (Phi) is 6.45. The first kappa shape index (κ1) is 25.9. The van der Waals surface area contributed by atoms with E-state index in [1.807, 2.05) is 54.6 Å². The van der Waals surface area contributed by atoms with Crippen LogP contribution in [0.15, 0.2) is 85.2 Å². The Morgan fingerprint density at radius 3 is 2.12 bits per heavy atom. The van der Waals surface area contributed by atoms with Gasteiger partial charge in [0.2, 0.25) is 0 Å². The summed E-state index contributed by atoms with van der Waals surface area (Å²) in [4.78, 5) is 9.56.